The van der Waals surface area contributed by atoms with E-state index in [2.05, 4.69) is 6.92 Å². The molecule has 1 unspecified atom stereocenters. The molecule has 16 heavy (non-hydrogen) atoms. The molecule has 2 fully saturated rings. The van der Waals surface area contributed by atoms with Crippen LogP contribution in [0.25, 0.3) is 0 Å². The maximum Gasteiger partial charge on any atom is 0.157 e. The highest BCUT2D eigenvalue weighted by atomic mass is 16.7. The van der Waals surface area contributed by atoms with Gasteiger partial charge in [-0.2, -0.15) is 0 Å². The maximum atomic E-state index is 5.79. The lowest BCUT2D eigenvalue weighted by Crippen LogP contribution is -2.23. The highest BCUT2D eigenvalue weighted by molar-refractivity contribution is 4.69. The number of rotatable bonds is 4. The van der Waals surface area contributed by atoms with Crippen molar-refractivity contribution in [2.24, 2.45) is 11.8 Å². The largest absolute Gasteiger partial charge is 0.353 e. The Kier molecular flexibility index (Phi) is 5.11. The topological polar surface area (TPSA) is 18.5 Å². The Morgan fingerprint density at radius 2 is 1.88 bits per heavy atom. The van der Waals surface area contributed by atoms with Crippen molar-refractivity contribution in [2.75, 3.05) is 13.2 Å². The zero-order valence-corrected chi connectivity index (χ0v) is 10.6. The Labute approximate surface area is 99.7 Å². The van der Waals surface area contributed by atoms with Crippen LogP contribution < -0.4 is 0 Å². The Bertz CT molecular complexity index is 179. The fourth-order valence-electron chi connectivity index (χ4n) is 2.83. The molecule has 0 aromatic rings. The minimum absolute atomic E-state index is 0.108. The van der Waals surface area contributed by atoms with Crippen molar-refractivity contribution in [3.63, 3.8) is 0 Å². The standard InChI is InChI=1S/C14H26O2/c1-12-5-7-13(8-6-12)9-11-16-14-4-2-3-10-15-14/h12-14H,2-11H2,1H3/t12-,13-,14?. The summed E-state index contributed by atoms with van der Waals surface area (Å²) in [7, 11) is 0. The molecule has 0 N–H and O–H groups in total. The van der Waals surface area contributed by atoms with Crippen LogP contribution >= 0.6 is 0 Å². The van der Waals surface area contributed by atoms with E-state index in [1.165, 1.54) is 44.9 Å². The van der Waals surface area contributed by atoms with Gasteiger partial charge in [0.1, 0.15) is 0 Å². The smallest absolute Gasteiger partial charge is 0.157 e. The summed E-state index contributed by atoms with van der Waals surface area (Å²) in [5, 5.41) is 0. The molecule has 0 radical (unpaired) electrons. The quantitative estimate of drug-likeness (QED) is 0.727. The predicted octanol–water partition coefficient (Wildman–Crippen LogP) is 3.75. The minimum Gasteiger partial charge on any atom is -0.353 e. The van der Waals surface area contributed by atoms with Gasteiger partial charge in [0, 0.05) is 13.2 Å². The summed E-state index contributed by atoms with van der Waals surface area (Å²) < 4.78 is 11.4. The molecule has 0 aromatic carbocycles. The lowest BCUT2D eigenvalue weighted by Gasteiger charge is -2.27. The molecule has 2 rings (SSSR count). The van der Waals surface area contributed by atoms with Gasteiger partial charge in [0.25, 0.3) is 0 Å². The van der Waals surface area contributed by atoms with Gasteiger partial charge < -0.3 is 9.47 Å². The second-order valence-corrected chi connectivity index (χ2v) is 5.58. The van der Waals surface area contributed by atoms with Crippen molar-refractivity contribution < 1.29 is 9.47 Å². The van der Waals surface area contributed by atoms with E-state index in [-0.39, 0.29) is 6.29 Å². The van der Waals surface area contributed by atoms with Gasteiger partial charge in [-0.3, -0.25) is 0 Å². The Morgan fingerprint density at radius 3 is 2.56 bits per heavy atom. The van der Waals surface area contributed by atoms with Crippen molar-refractivity contribution in [3.05, 3.63) is 0 Å². The minimum atomic E-state index is 0.108. The van der Waals surface area contributed by atoms with Crippen molar-refractivity contribution in [2.45, 2.75) is 64.6 Å². The van der Waals surface area contributed by atoms with Gasteiger partial charge in [0.2, 0.25) is 0 Å². The maximum absolute atomic E-state index is 5.79. The Hall–Kier alpha value is -0.0800. The summed E-state index contributed by atoms with van der Waals surface area (Å²) in [4.78, 5) is 0. The van der Waals surface area contributed by atoms with Gasteiger partial charge in [-0.25, -0.2) is 0 Å². The fourth-order valence-corrected chi connectivity index (χ4v) is 2.83. The van der Waals surface area contributed by atoms with E-state index in [0.717, 1.165) is 31.5 Å². The summed E-state index contributed by atoms with van der Waals surface area (Å²) in [6.45, 7) is 4.18. The van der Waals surface area contributed by atoms with Gasteiger partial charge in [-0.15, -0.1) is 0 Å². The van der Waals surface area contributed by atoms with Crippen LogP contribution in [0.2, 0.25) is 0 Å². The highest BCUT2D eigenvalue weighted by Crippen LogP contribution is 2.30. The fraction of sp³-hybridized carbons (Fsp3) is 1.00. The summed E-state index contributed by atoms with van der Waals surface area (Å²) in [6, 6.07) is 0. The molecule has 2 heteroatoms. The van der Waals surface area contributed by atoms with Crippen LogP contribution in [0.4, 0.5) is 0 Å². The zero-order valence-electron chi connectivity index (χ0n) is 10.6. The molecule has 1 aliphatic carbocycles. The molecule has 0 aromatic heterocycles. The van der Waals surface area contributed by atoms with Gasteiger partial charge in [-0.05, 0) is 37.5 Å². The first kappa shape index (κ1) is 12.4. The molecule has 1 atom stereocenters. The van der Waals surface area contributed by atoms with Crippen LogP contribution in [0.5, 0.6) is 0 Å². The summed E-state index contributed by atoms with van der Waals surface area (Å²) in [5.74, 6) is 1.87. The molecule has 2 aliphatic rings. The van der Waals surface area contributed by atoms with Crippen LogP contribution in [0.3, 0.4) is 0 Å². The van der Waals surface area contributed by atoms with E-state index in [4.69, 9.17) is 9.47 Å². The molecule has 0 amide bonds. The molecule has 2 nitrogen and oxygen atoms in total. The van der Waals surface area contributed by atoms with Crippen molar-refractivity contribution in [3.8, 4) is 0 Å². The highest BCUT2D eigenvalue weighted by Gasteiger charge is 2.19. The molecule has 1 saturated heterocycles. The van der Waals surface area contributed by atoms with Crippen LogP contribution in [0.1, 0.15) is 58.3 Å². The Balaban J connectivity index is 1.53. The molecular formula is C14H26O2. The average molecular weight is 226 g/mol. The van der Waals surface area contributed by atoms with E-state index in [9.17, 15) is 0 Å². The van der Waals surface area contributed by atoms with E-state index in [1.807, 2.05) is 0 Å². The lowest BCUT2D eigenvalue weighted by molar-refractivity contribution is -0.164. The first-order valence-electron chi connectivity index (χ1n) is 7.08. The van der Waals surface area contributed by atoms with Gasteiger partial charge in [0.05, 0.1) is 0 Å². The molecular weight excluding hydrogens is 200 g/mol. The average Bonchev–Trinajstić information content (AvgIpc) is 2.33. The number of hydrogen-bond acceptors (Lipinski definition) is 2. The van der Waals surface area contributed by atoms with E-state index in [1.54, 1.807) is 0 Å². The summed E-state index contributed by atoms with van der Waals surface area (Å²) in [5.41, 5.74) is 0. The molecule has 1 saturated carbocycles. The van der Waals surface area contributed by atoms with Crippen LogP contribution in [0.15, 0.2) is 0 Å². The van der Waals surface area contributed by atoms with Crippen LogP contribution in [-0.2, 0) is 9.47 Å². The second-order valence-electron chi connectivity index (χ2n) is 5.58. The second kappa shape index (κ2) is 6.61. The number of ether oxygens (including phenoxy) is 2. The zero-order chi connectivity index (χ0) is 11.2. The molecule has 1 heterocycles. The summed E-state index contributed by atoms with van der Waals surface area (Å²) >= 11 is 0. The van der Waals surface area contributed by atoms with Crippen LogP contribution in [0, 0.1) is 11.8 Å². The van der Waals surface area contributed by atoms with Gasteiger partial charge >= 0.3 is 0 Å². The first-order chi connectivity index (χ1) is 7.84. The third-order valence-electron chi connectivity index (χ3n) is 4.10. The van der Waals surface area contributed by atoms with Crippen molar-refractivity contribution in [1.29, 1.82) is 0 Å². The van der Waals surface area contributed by atoms with E-state index in [0.29, 0.717) is 0 Å². The molecule has 0 spiro atoms. The SMILES string of the molecule is C[C@H]1CC[C@H](CCOC2CCCCO2)CC1. The normalized spacial score (nSPS) is 36.2. The predicted molar refractivity (Wildman–Crippen MR) is 65.3 cm³/mol. The monoisotopic (exact) mass is 226 g/mol. The van der Waals surface area contributed by atoms with E-state index >= 15 is 0 Å². The van der Waals surface area contributed by atoms with Crippen LogP contribution in [-0.4, -0.2) is 19.5 Å². The van der Waals surface area contributed by atoms with Crippen molar-refractivity contribution >= 4 is 0 Å². The molecule has 94 valence electrons. The molecule has 0 bridgehead atoms. The third kappa shape index (κ3) is 4.06. The van der Waals surface area contributed by atoms with E-state index < -0.39 is 0 Å². The number of hydrogen-bond donors (Lipinski definition) is 0. The van der Waals surface area contributed by atoms with Gasteiger partial charge in [-0.1, -0.05) is 32.6 Å². The first-order valence-corrected chi connectivity index (χ1v) is 7.08. The molecule has 1 aliphatic heterocycles. The summed E-state index contributed by atoms with van der Waals surface area (Å²) in [6.07, 6.45) is 10.6. The van der Waals surface area contributed by atoms with Gasteiger partial charge in [0.15, 0.2) is 6.29 Å². The third-order valence-corrected chi connectivity index (χ3v) is 4.10. The Morgan fingerprint density at radius 1 is 1.06 bits per heavy atom. The van der Waals surface area contributed by atoms with Crippen molar-refractivity contribution in [1.82, 2.24) is 0 Å². The lowest BCUT2D eigenvalue weighted by atomic mass is 9.82.